The Morgan fingerprint density at radius 2 is 1.62 bits per heavy atom. The van der Waals surface area contributed by atoms with E-state index >= 15 is 0 Å². The second kappa shape index (κ2) is 5.76. The molecule has 4 rings (SSSR count). The van der Waals surface area contributed by atoms with Gasteiger partial charge in [0.15, 0.2) is 0 Å². The third-order valence-corrected chi connectivity index (χ3v) is 6.11. The lowest BCUT2D eigenvalue weighted by Gasteiger charge is -2.56. The van der Waals surface area contributed by atoms with Crippen LogP contribution in [0.1, 0.15) is 38.5 Å². The number of alkyl carbamates (subject to hydrolysis) is 1. The van der Waals surface area contributed by atoms with Gasteiger partial charge in [-0.3, -0.25) is 4.55 Å². The maximum Gasteiger partial charge on any atom is 0.426 e. The molecule has 4 fully saturated rings. The van der Waals surface area contributed by atoms with Crippen molar-refractivity contribution in [1.82, 2.24) is 5.32 Å². The molecule has 6 nitrogen and oxygen atoms in total. The fourth-order valence-corrected chi connectivity index (χ4v) is 5.67. The van der Waals surface area contributed by atoms with E-state index in [2.05, 4.69) is 10.1 Å². The van der Waals surface area contributed by atoms with Gasteiger partial charge in [0.05, 0.1) is 0 Å². The van der Waals surface area contributed by atoms with Gasteiger partial charge in [-0.25, -0.2) is 4.79 Å². The predicted octanol–water partition coefficient (Wildman–Crippen LogP) is 2.50. The molecule has 4 aliphatic carbocycles. The number of halogens is 3. The molecule has 0 aromatic rings. The Labute approximate surface area is 137 Å². The molecule has 0 saturated heterocycles. The summed E-state index contributed by atoms with van der Waals surface area (Å²) in [5, 5.41) is 2.58. The van der Waals surface area contributed by atoms with Gasteiger partial charge in [0.2, 0.25) is 6.10 Å². The van der Waals surface area contributed by atoms with Gasteiger partial charge in [-0.2, -0.15) is 21.6 Å². The molecule has 4 bridgehead atoms. The number of hydrogen-bond acceptors (Lipinski definition) is 4. The van der Waals surface area contributed by atoms with E-state index < -0.39 is 39.8 Å². The second-order valence-corrected chi connectivity index (χ2v) is 9.00. The molecule has 0 aliphatic heterocycles. The van der Waals surface area contributed by atoms with Crippen molar-refractivity contribution in [3.63, 3.8) is 0 Å². The van der Waals surface area contributed by atoms with E-state index in [1.165, 1.54) is 0 Å². The molecule has 4 saturated carbocycles. The SMILES string of the molecule is O=C(NC12CC3CC(CC(C3)C1)C2)O[C@@H](CS(=O)(=O)O)C(F)(F)F. The average molecular weight is 371 g/mol. The number of amides is 1. The highest BCUT2D eigenvalue weighted by Gasteiger charge is 2.52. The second-order valence-electron chi connectivity index (χ2n) is 7.51. The zero-order valence-corrected chi connectivity index (χ0v) is 13.7. The Morgan fingerprint density at radius 3 is 2.00 bits per heavy atom. The van der Waals surface area contributed by atoms with Gasteiger partial charge in [-0.15, -0.1) is 0 Å². The molecule has 0 aromatic carbocycles. The van der Waals surface area contributed by atoms with Crippen LogP contribution in [0.5, 0.6) is 0 Å². The average Bonchev–Trinajstić information content (AvgIpc) is 2.32. The number of nitrogens with one attached hydrogen (secondary N) is 1. The number of carbonyl (C=O) groups is 1. The first-order valence-electron chi connectivity index (χ1n) is 7.95. The minimum absolute atomic E-state index is 0.479. The summed E-state index contributed by atoms with van der Waals surface area (Å²) in [5.74, 6) is -0.265. The maximum atomic E-state index is 12.8. The summed E-state index contributed by atoms with van der Waals surface area (Å²) in [4.78, 5) is 12.0. The molecule has 0 heterocycles. The summed E-state index contributed by atoms with van der Waals surface area (Å²) in [6.07, 6.45) is -3.76. The smallest absolute Gasteiger partial charge is 0.426 e. The van der Waals surface area contributed by atoms with Gasteiger partial charge in [-0.05, 0) is 56.3 Å². The fraction of sp³-hybridized carbons (Fsp3) is 0.929. The lowest BCUT2D eigenvalue weighted by atomic mass is 9.53. The zero-order chi connectivity index (χ0) is 17.8. The lowest BCUT2D eigenvalue weighted by Crippen LogP contribution is -2.60. The van der Waals surface area contributed by atoms with Gasteiger partial charge in [0.25, 0.3) is 10.1 Å². The molecule has 24 heavy (non-hydrogen) atoms. The van der Waals surface area contributed by atoms with Crippen LogP contribution in [0.15, 0.2) is 0 Å². The van der Waals surface area contributed by atoms with Crippen molar-refractivity contribution in [1.29, 1.82) is 0 Å². The van der Waals surface area contributed by atoms with E-state index in [0.717, 1.165) is 38.5 Å². The van der Waals surface area contributed by atoms with Crippen LogP contribution in [-0.2, 0) is 14.9 Å². The third-order valence-electron chi connectivity index (χ3n) is 5.38. The van der Waals surface area contributed by atoms with E-state index in [1.807, 2.05) is 0 Å². The topological polar surface area (TPSA) is 92.7 Å². The number of alkyl halides is 3. The Balaban J connectivity index is 1.66. The van der Waals surface area contributed by atoms with Crippen LogP contribution in [0.2, 0.25) is 0 Å². The molecule has 1 amide bonds. The minimum atomic E-state index is -5.07. The molecule has 0 unspecified atom stereocenters. The quantitative estimate of drug-likeness (QED) is 0.741. The summed E-state index contributed by atoms with van der Waals surface area (Å²) >= 11 is 0. The van der Waals surface area contributed by atoms with Gasteiger partial charge in [0.1, 0.15) is 5.75 Å². The molecule has 1 atom stereocenters. The molecule has 0 radical (unpaired) electrons. The van der Waals surface area contributed by atoms with Crippen molar-refractivity contribution in [2.75, 3.05) is 5.75 Å². The van der Waals surface area contributed by atoms with Crippen LogP contribution >= 0.6 is 0 Å². The first-order chi connectivity index (χ1) is 10.9. The number of rotatable bonds is 4. The van der Waals surface area contributed by atoms with Crippen LogP contribution < -0.4 is 5.32 Å². The molecule has 138 valence electrons. The Bertz CT molecular complexity index is 583. The summed E-state index contributed by atoms with van der Waals surface area (Å²) < 4.78 is 72.9. The van der Waals surface area contributed by atoms with Gasteiger partial charge in [0, 0.05) is 5.54 Å². The summed E-state index contributed by atoms with van der Waals surface area (Å²) in [5.41, 5.74) is -0.542. The molecule has 4 aliphatic rings. The van der Waals surface area contributed by atoms with Crippen LogP contribution in [0.25, 0.3) is 0 Å². The first-order valence-corrected chi connectivity index (χ1v) is 9.56. The number of ether oxygens (including phenoxy) is 1. The van der Waals surface area contributed by atoms with E-state index in [9.17, 15) is 26.4 Å². The van der Waals surface area contributed by atoms with Crippen LogP contribution in [0.3, 0.4) is 0 Å². The number of hydrogen-bond donors (Lipinski definition) is 2. The fourth-order valence-electron chi connectivity index (χ4n) is 5.03. The minimum Gasteiger partial charge on any atom is -0.435 e. The normalized spacial score (nSPS) is 36.4. The highest BCUT2D eigenvalue weighted by molar-refractivity contribution is 7.85. The van der Waals surface area contributed by atoms with Crippen molar-refractivity contribution in [3.05, 3.63) is 0 Å². The summed E-state index contributed by atoms with van der Waals surface area (Å²) in [6.45, 7) is 0. The molecular weight excluding hydrogens is 351 g/mol. The van der Waals surface area contributed by atoms with Gasteiger partial charge < -0.3 is 10.1 Å². The zero-order valence-electron chi connectivity index (χ0n) is 12.9. The van der Waals surface area contributed by atoms with Crippen molar-refractivity contribution >= 4 is 16.2 Å². The van der Waals surface area contributed by atoms with Crippen molar-refractivity contribution in [2.45, 2.75) is 56.3 Å². The van der Waals surface area contributed by atoms with E-state index in [4.69, 9.17) is 4.55 Å². The molecular formula is C14H20F3NO5S. The Morgan fingerprint density at radius 1 is 1.17 bits per heavy atom. The van der Waals surface area contributed by atoms with Crippen LogP contribution in [0.4, 0.5) is 18.0 Å². The van der Waals surface area contributed by atoms with Crippen molar-refractivity contribution < 1.29 is 35.7 Å². The Hall–Kier alpha value is -1.03. The maximum absolute atomic E-state index is 12.8. The Kier molecular flexibility index (Phi) is 4.26. The summed E-state index contributed by atoms with van der Waals surface area (Å²) in [6, 6.07) is 0. The largest absolute Gasteiger partial charge is 0.435 e. The number of carbonyl (C=O) groups excluding carboxylic acids is 1. The monoisotopic (exact) mass is 371 g/mol. The predicted molar refractivity (Wildman–Crippen MR) is 76.8 cm³/mol. The van der Waals surface area contributed by atoms with Gasteiger partial charge in [-0.1, -0.05) is 0 Å². The van der Waals surface area contributed by atoms with E-state index in [0.29, 0.717) is 17.8 Å². The van der Waals surface area contributed by atoms with E-state index in [1.54, 1.807) is 0 Å². The van der Waals surface area contributed by atoms with Gasteiger partial charge >= 0.3 is 12.3 Å². The van der Waals surface area contributed by atoms with Crippen LogP contribution in [-0.4, -0.2) is 42.6 Å². The molecule has 2 N–H and O–H groups in total. The standard InChI is InChI=1S/C14H20F3NO5S/c15-14(16,17)11(7-24(20,21)22)23-12(19)18-13-4-8-1-9(5-13)3-10(2-8)6-13/h8-11H,1-7H2,(H,18,19)(H,20,21,22)/t8?,9?,10?,11-,13?/m0/s1. The van der Waals surface area contributed by atoms with Crippen LogP contribution in [0, 0.1) is 17.8 Å². The summed E-state index contributed by atoms with van der Waals surface area (Å²) in [7, 11) is -4.93. The van der Waals surface area contributed by atoms with E-state index in [-0.39, 0.29) is 0 Å². The highest BCUT2D eigenvalue weighted by atomic mass is 32.2. The highest BCUT2D eigenvalue weighted by Crippen LogP contribution is 2.55. The third kappa shape index (κ3) is 3.96. The molecule has 10 heteroatoms. The molecule has 0 spiro atoms. The first kappa shape index (κ1) is 17.8. The van der Waals surface area contributed by atoms with Crippen molar-refractivity contribution in [3.8, 4) is 0 Å². The van der Waals surface area contributed by atoms with Crippen molar-refractivity contribution in [2.24, 2.45) is 17.8 Å². The lowest BCUT2D eigenvalue weighted by molar-refractivity contribution is -0.197. The molecule has 0 aromatic heterocycles.